The fourth-order valence-corrected chi connectivity index (χ4v) is 2.53. The highest BCUT2D eigenvalue weighted by Crippen LogP contribution is 2.39. The Hall–Kier alpha value is -0.590. The third kappa shape index (κ3) is 3.12. The lowest BCUT2D eigenvalue weighted by molar-refractivity contribution is 0.136. The van der Waals surface area contributed by atoms with Crippen molar-refractivity contribution in [2.75, 3.05) is 13.4 Å². The molecule has 0 saturated heterocycles. The zero-order chi connectivity index (χ0) is 15.0. The van der Waals surface area contributed by atoms with Crippen LogP contribution in [0.4, 0.5) is 0 Å². The highest BCUT2D eigenvalue weighted by Gasteiger charge is 2.40. The van der Waals surface area contributed by atoms with Gasteiger partial charge in [0.05, 0.1) is 11.9 Å². The average molecular weight is 351 g/mol. The number of aliphatic hydroxyl groups excluding tert-OH is 1. The van der Waals surface area contributed by atoms with Gasteiger partial charge >= 0.3 is 0 Å². The van der Waals surface area contributed by atoms with Gasteiger partial charge in [0.2, 0.25) is 0 Å². The van der Waals surface area contributed by atoms with Crippen LogP contribution in [0, 0.1) is 6.92 Å². The molecule has 4 nitrogen and oxygen atoms in total. The topological polar surface area (TPSA) is 63.6 Å². The molecule has 0 fully saturated rings. The number of aryl methyl sites for hydroxylation is 1. The molecule has 1 aromatic rings. The second-order valence-electron chi connectivity index (χ2n) is 5.12. The second kappa shape index (κ2) is 5.42. The molecule has 0 heterocycles. The first-order chi connectivity index (χ1) is 8.52. The van der Waals surface area contributed by atoms with E-state index in [1.165, 1.54) is 21.0 Å². The molecule has 0 amide bonds. The van der Waals surface area contributed by atoms with Crippen LogP contribution in [0.5, 0.6) is 5.75 Å². The molecule has 0 radical (unpaired) electrons. The van der Waals surface area contributed by atoms with E-state index in [1.807, 2.05) is 6.92 Å². The van der Waals surface area contributed by atoms with Gasteiger partial charge in [0, 0.05) is 16.3 Å². The molecule has 1 unspecified atom stereocenters. The van der Waals surface area contributed by atoms with Crippen LogP contribution >= 0.6 is 15.9 Å². The van der Waals surface area contributed by atoms with Crippen molar-refractivity contribution in [1.29, 1.82) is 0 Å². The van der Waals surface area contributed by atoms with E-state index in [9.17, 15) is 13.5 Å². The second-order valence-corrected chi connectivity index (χ2v) is 8.57. The summed E-state index contributed by atoms with van der Waals surface area (Å²) in [5.41, 5.74) is 1.40. The summed E-state index contributed by atoms with van der Waals surface area (Å²) < 4.78 is 28.3. The Morgan fingerprint density at radius 1 is 1.37 bits per heavy atom. The lowest BCUT2D eigenvalue weighted by Gasteiger charge is -2.30. The van der Waals surface area contributed by atoms with Crippen molar-refractivity contribution in [2.45, 2.75) is 31.6 Å². The molecule has 0 aliphatic heterocycles. The molecule has 0 aliphatic carbocycles. The highest BCUT2D eigenvalue weighted by molar-refractivity contribution is 9.10. The summed E-state index contributed by atoms with van der Waals surface area (Å²) in [5, 5.41) is 10.4. The lowest BCUT2D eigenvalue weighted by Crippen LogP contribution is -2.38. The van der Waals surface area contributed by atoms with Crippen LogP contribution in [0.2, 0.25) is 0 Å². The van der Waals surface area contributed by atoms with E-state index in [1.54, 1.807) is 12.1 Å². The summed E-state index contributed by atoms with van der Waals surface area (Å²) in [6, 6.07) is 3.47. The molecular formula is C13H19BrO4S. The van der Waals surface area contributed by atoms with Crippen molar-refractivity contribution in [1.82, 2.24) is 0 Å². The average Bonchev–Trinajstić information content (AvgIpc) is 2.29. The van der Waals surface area contributed by atoms with Crippen LogP contribution in [0.3, 0.4) is 0 Å². The summed E-state index contributed by atoms with van der Waals surface area (Å²) in [7, 11) is -1.93. The molecule has 108 valence electrons. The fraction of sp³-hybridized carbons (Fsp3) is 0.538. The molecule has 1 atom stereocenters. The minimum atomic E-state index is -3.42. The minimum Gasteiger partial charge on any atom is -0.496 e. The Labute approximate surface area is 122 Å². The Morgan fingerprint density at radius 3 is 2.32 bits per heavy atom. The number of halogens is 1. The van der Waals surface area contributed by atoms with Crippen LogP contribution in [-0.2, 0) is 9.84 Å². The number of sulfone groups is 1. The highest BCUT2D eigenvalue weighted by atomic mass is 79.9. The molecule has 1 N–H and O–H groups in total. The van der Waals surface area contributed by atoms with Gasteiger partial charge in [-0.1, -0.05) is 15.9 Å². The molecular weight excluding hydrogens is 332 g/mol. The zero-order valence-corrected chi connectivity index (χ0v) is 14.1. The first-order valence-corrected chi connectivity index (χ1v) is 8.42. The van der Waals surface area contributed by atoms with Gasteiger partial charge in [0.15, 0.2) is 9.84 Å². The number of benzene rings is 1. The maximum atomic E-state index is 11.8. The van der Waals surface area contributed by atoms with E-state index in [2.05, 4.69) is 15.9 Å². The fourth-order valence-electron chi connectivity index (χ4n) is 1.64. The smallest absolute Gasteiger partial charge is 0.155 e. The predicted molar refractivity (Wildman–Crippen MR) is 79.3 cm³/mol. The van der Waals surface area contributed by atoms with Crippen LogP contribution in [0.1, 0.15) is 31.1 Å². The molecule has 0 bridgehead atoms. The van der Waals surface area contributed by atoms with Gasteiger partial charge in [-0.25, -0.2) is 8.42 Å². The third-order valence-corrected chi connectivity index (χ3v) is 6.41. The number of ether oxygens (including phenoxy) is 1. The van der Waals surface area contributed by atoms with Gasteiger partial charge in [0.1, 0.15) is 11.9 Å². The summed E-state index contributed by atoms with van der Waals surface area (Å²) in [6.07, 6.45) is -0.0549. The SMILES string of the molecule is COc1cc(C)c(Br)cc1C(O)C(C)(C)S(C)(=O)=O. The van der Waals surface area contributed by atoms with Gasteiger partial charge < -0.3 is 9.84 Å². The largest absolute Gasteiger partial charge is 0.496 e. The zero-order valence-electron chi connectivity index (χ0n) is 11.7. The summed E-state index contributed by atoms with van der Waals surface area (Å²) in [4.78, 5) is 0. The first kappa shape index (κ1) is 16.5. The standard InChI is InChI=1S/C13H19BrO4S/c1-8-6-11(18-4)9(7-10(8)14)12(15)13(2,3)19(5,16)17/h6-7,12,15H,1-5H3. The van der Waals surface area contributed by atoms with E-state index in [4.69, 9.17) is 4.74 Å². The monoisotopic (exact) mass is 350 g/mol. The summed E-state index contributed by atoms with van der Waals surface area (Å²) in [6.45, 7) is 4.89. The molecule has 1 rings (SSSR count). The molecule has 0 aromatic heterocycles. The number of hydrogen-bond donors (Lipinski definition) is 1. The summed E-state index contributed by atoms with van der Waals surface area (Å²) in [5.74, 6) is 0.477. The van der Waals surface area contributed by atoms with E-state index >= 15 is 0 Å². The van der Waals surface area contributed by atoms with E-state index in [-0.39, 0.29) is 0 Å². The van der Waals surface area contributed by atoms with Crippen molar-refractivity contribution in [3.8, 4) is 5.75 Å². The third-order valence-electron chi connectivity index (χ3n) is 3.42. The number of aliphatic hydroxyl groups is 1. The normalized spacial score (nSPS) is 14.3. The van der Waals surface area contributed by atoms with Crippen molar-refractivity contribution in [3.63, 3.8) is 0 Å². The quantitative estimate of drug-likeness (QED) is 0.906. The first-order valence-electron chi connectivity index (χ1n) is 5.74. The molecule has 0 spiro atoms. The number of rotatable bonds is 4. The van der Waals surface area contributed by atoms with Crippen LogP contribution in [0.15, 0.2) is 16.6 Å². The summed E-state index contributed by atoms with van der Waals surface area (Å²) >= 11 is 3.38. The van der Waals surface area contributed by atoms with Gasteiger partial charge in [-0.05, 0) is 38.5 Å². The van der Waals surface area contributed by atoms with Crippen molar-refractivity contribution < 1.29 is 18.3 Å². The Kier molecular flexibility index (Phi) is 4.70. The van der Waals surface area contributed by atoms with Crippen LogP contribution in [-0.4, -0.2) is 31.6 Å². The van der Waals surface area contributed by atoms with E-state index in [0.29, 0.717) is 11.3 Å². The van der Waals surface area contributed by atoms with Gasteiger partial charge in [-0.15, -0.1) is 0 Å². The Balaban J connectivity index is 3.42. The Bertz CT molecular complexity index is 579. The lowest BCUT2D eigenvalue weighted by atomic mass is 9.96. The molecule has 6 heteroatoms. The van der Waals surface area contributed by atoms with Gasteiger partial charge in [-0.3, -0.25) is 0 Å². The molecule has 19 heavy (non-hydrogen) atoms. The molecule has 0 aliphatic rings. The van der Waals surface area contributed by atoms with Crippen molar-refractivity contribution in [3.05, 3.63) is 27.7 Å². The maximum absolute atomic E-state index is 11.8. The minimum absolute atomic E-state index is 0.454. The number of hydrogen-bond acceptors (Lipinski definition) is 4. The van der Waals surface area contributed by atoms with E-state index < -0.39 is 20.7 Å². The van der Waals surface area contributed by atoms with Gasteiger partial charge in [-0.2, -0.15) is 0 Å². The number of methoxy groups -OCH3 is 1. The van der Waals surface area contributed by atoms with Gasteiger partial charge in [0.25, 0.3) is 0 Å². The van der Waals surface area contributed by atoms with Crippen LogP contribution in [0.25, 0.3) is 0 Å². The maximum Gasteiger partial charge on any atom is 0.155 e. The van der Waals surface area contributed by atoms with Crippen molar-refractivity contribution >= 4 is 25.8 Å². The van der Waals surface area contributed by atoms with Crippen molar-refractivity contribution in [2.24, 2.45) is 0 Å². The molecule has 1 aromatic carbocycles. The Morgan fingerprint density at radius 2 is 1.89 bits per heavy atom. The van der Waals surface area contributed by atoms with Crippen LogP contribution < -0.4 is 4.74 Å². The van der Waals surface area contributed by atoms with E-state index in [0.717, 1.165) is 16.3 Å². The predicted octanol–water partition coefficient (Wildman–Crippen LogP) is 2.62. The molecule has 0 saturated carbocycles.